The Hall–Kier alpha value is -2.68. The summed E-state index contributed by atoms with van der Waals surface area (Å²) < 4.78 is 57.9. The van der Waals surface area contributed by atoms with E-state index < -0.39 is 40.7 Å². The number of hydrogen-bond donors (Lipinski definition) is 1. The molecule has 5 nitrogen and oxygen atoms in total. The second kappa shape index (κ2) is 8.45. The number of nitrogens with zero attached hydrogens (tertiary/aromatic N) is 1. The number of pyridine rings is 1. The number of benzene rings is 1. The maximum Gasteiger partial charge on any atom is 0.456 e. The first-order valence-corrected chi connectivity index (χ1v) is 9.48. The molecule has 0 aliphatic heterocycles. The van der Waals surface area contributed by atoms with Gasteiger partial charge in [-0.2, -0.15) is 13.2 Å². The van der Waals surface area contributed by atoms with Gasteiger partial charge < -0.3 is 10.1 Å². The molecule has 31 heavy (non-hydrogen) atoms. The monoisotopic (exact) mass is 460 g/mol. The van der Waals surface area contributed by atoms with Gasteiger partial charge in [0, 0.05) is 5.56 Å². The highest BCUT2D eigenvalue weighted by Gasteiger charge is 2.41. The predicted octanol–water partition coefficient (Wildman–Crippen LogP) is 6.05. The van der Waals surface area contributed by atoms with Crippen molar-refractivity contribution < 1.29 is 31.9 Å². The van der Waals surface area contributed by atoms with Crippen LogP contribution in [0.2, 0.25) is 5.02 Å². The summed E-state index contributed by atoms with van der Waals surface area (Å²) >= 11 is 5.78. The van der Waals surface area contributed by atoms with E-state index in [2.05, 4.69) is 10.3 Å². The van der Waals surface area contributed by atoms with Crippen LogP contribution in [-0.2, 0) is 10.3 Å². The molecule has 168 valence electrons. The van der Waals surface area contributed by atoms with Crippen LogP contribution in [0.25, 0.3) is 11.3 Å². The molecule has 0 spiro atoms. The summed E-state index contributed by atoms with van der Waals surface area (Å²) in [4.78, 5) is 27.9. The lowest BCUT2D eigenvalue weighted by atomic mass is 9.92. The zero-order valence-corrected chi connectivity index (χ0v) is 18.2. The summed E-state index contributed by atoms with van der Waals surface area (Å²) in [5, 5.41) is 2.30. The van der Waals surface area contributed by atoms with Crippen LogP contribution in [0, 0.1) is 5.82 Å². The van der Waals surface area contributed by atoms with Crippen LogP contribution in [0.4, 0.5) is 22.4 Å². The maximum atomic E-state index is 13.5. The van der Waals surface area contributed by atoms with Crippen LogP contribution < -0.4 is 5.32 Å². The van der Waals surface area contributed by atoms with Gasteiger partial charge in [0.2, 0.25) is 0 Å². The molecule has 0 saturated carbocycles. The minimum absolute atomic E-state index is 0.0499. The molecular weight excluding hydrogens is 440 g/mol. The van der Waals surface area contributed by atoms with Crippen LogP contribution >= 0.6 is 11.6 Å². The van der Waals surface area contributed by atoms with E-state index in [0.29, 0.717) is 0 Å². The number of alkyl carbamates (subject to hydrolysis) is 1. The highest BCUT2D eigenvalue weighted by atomic mass is 35.5. The highest BCUT2D eigenvalue weighted by Crippen LogP contribution is 2.31. The molecule has 0 fully saturated rings. The zero-order chi connectivity index (χ0) is 23.8. The molecule has 1 aromatic carbocycles. The van der Waals surface area contributed by atoms with Crippen molar-refractivity contribution in [3.05, 3.63) is 52.4 Å². The Bertz CT molecular complexity index is 1010. The van der Waals surface area contributed by atoms with E-state index in [4.69, 9.17) is 16.3 Å². The number of hydrogen-bond acceptors (Lipinski definition) is 4. The normalized spacial score (nSPS) is 12.5. The van der Waals surface area contributed by atoms with Crippen molar-refractivity contribution in [3.8, 4) is 11.3 Å². The highest BCUT2D eigenvalue weighted by molar-refractivity contribution is 6.31. The molecule has 0 aliphatic rings. The fourth-order valence-corrected chi connectivity index (χ4v) is 2.77. The number of ether oxygens (including phenoxy) is 1. The fraction of sp³-hybridized carbons (Fsp3) is 0.381. The van der Waals surface area contributed by atoms with Gasteiger partial charge in [-0.05, 0) is 70.5 Å². The molecule has 1 aromatic heterocycles. The average molecular weight is 461 g/mol. The second-order valence-corrected chi connectivity index (χ2v) is 8.74. The van der Waals surface area contributed by atoms with Gasteiger partial charge >= 0.3 is 12.3 Å². The Balaban J connectivity index is 2.59. The van der Waals surface area contributed by atoms with Crippen LogP contribution in [0.5, 0.6) is 0 Å². The van der Waals surface area contributed by atoms with Crippen LogP contribution in [-0.4, -0.2) is 28.6 Å². The standard InChI is InChI=1S/C21H21ClF4N2O3/c1-19(2,3)31-18(30)28-20(4,5)12-9-15(11-6-7-14(23)13(22)8-11)27-16(10-12)17(29)21(24,25)26/h6-10H,1-5H3,(H,28,30). The fourth-order valence-electron chi connectivity index (χ4n) is 2.59. The van der Waals surface area contributed by atoms with Crippen molar-refractivity contribution in [2.45, 2.75) is 51.9 Å². The summed E-state index contributed by atoms with van der Waals surface area (Å²) in [6, 6.07) is 5.81. The first-order valence-electron chi connectivity index (χ1n) is 9.10. The number of aromatic nitrogens is 1. The zero-order valence-electron chi connectivity index (χ0n) is 17.4. The van der Waals surface area contributed by atoms with Crippen LogP contribution in [0.1, 0.15) is 50.7 Å². The molecule has 2 rings (SSSR count). The third-order valence-electron chi connectivity index (χ3n) is 4.07. The Labute approximate surface area is 181 Å². The van der Waals surface area contributed by atoms with Gasteiger partial charge in [0.05, 0.1) is 16.3 Å². The number of halogens is 5. The lowest BCUT2D eigenvalue weighted by Gasteiger charge is -2.29. The molecule has 1 amide bonds. The van der Waals surface area contributed by atoms with Gasteiger partial charge in [0.1, 0.15) is 17.1 Å². The number of alkyl halides is 3. The Morgan fingerprint density at radius 3 is 2.16 bits per heavy atom. The molecule has 0 radical (unpaired) electrons. The number of carbonyl (C=O) groups is 2. The Morgan fingerprint density at radius 1 is 1.03 bits per heavy atom. The molecular formula is C21H21ClF4N2O3. The van der Waals surface area contributed by atoms with Crippen molar-refractivity contribution in [1.29, 1.82) is 0 Å². The molecule has 1 heterocycles. The molecule has 0 saturated heterocycles. The van der Waals surface area contributed by atoms with Crippen LogP contribution in [0.15, 0.2) is 30.3 Å². The van der Waals surface area contributed by atoms with E-state index in [1.807, 2.05) is 0 Å². The largest absolute Gasteiger partial charge is 0.456 e. The molecule has 0 bridgehead atoms. The van der Waals surface area contributed by atoms with E-state index in [0.717, 1.165) is 12.1 Å². The minimum Gasteiger partial charge on any atom is -0.444 e. The van der Waals surface area contributed by atoms with Crippen molar-refractivity contribution in [3.63, 3.8) is 0 Å². The lowest BCUT2D eigenvalue weighted by molar-refractivity contribution is -0.0888. The Kier molecular flexibility index (Phi) is 6.70. The average Bonchev–Trinajstić information content (AvgIpc) is 2.60. The summed E-state index contributed by atoms with van der Waals surface area (Å²) in [6.07, 6.45) is -5.96. The first kappa shape index (κ1) is 24.6. The lowest BCUT2D eigenvalue weighted by Crippen LogP contribution is -2.44. The van der Waals surface area contributed by atoms with Crippen molar-refractivity contribution >= 4 is 23.5 Å². The summed E-state index contributed by atoms with van der Waals surface area (Å²) in [7, 11) is 0. The summed E-state index contributed by atoms with van der Waals surface area (Å²) in [5.41, 5.74) is -2.63. The van der Waals surface area contributed by atoms with E-state index >= 15 is 0 Å². The Morgan fingerprint density at radius 2 is 1.65 bits per heavy atom. The number of carbonyl (C=O) groups excluding carboxylic acids is 2. The van der Waals surface area contributed by atoms with Crippen molar-refractivity contribution in [2.75, 3.05) is 0 Å². The molecule has 1 N–H and O–H groups in total. The SMILES string of the molecule is CC(C)(C)OC(=O)NC(C)(C)c1cc(C(=O)C(F)(F)F)nc(-c2ccc(F)c(Cl)c2)c1. The predicted molar refractivity (Wildman–Crippen MR) is 107 cm³/mol. The number of amides is 1. The third-order valence-corrected chi connectivity index (χ3v) is 4.36. The van der Waals surface area contributed by atoms with Gasteiger partial charge in [0.25, 0.3) is 5.78 Å². The summed E-state index contributed by atoms with van der Waals surface area (Å²) in [5.74, 6) is -2.88. The topological polar surface area (TPSA) is 68.3 Å². The second-order valence-electron chi connectivity index (χ2n) is 8.33. The van der Waals surface area contributed by atoms with E-state index in [1.54, 1.807) is 20.8 Å². The molecule has 0 aliphatic carbocycles. The van der Waals surface area contributed by atoms with Crippen LogP contribution in [0.3, 0.4) is 0 Å². The van der Waals surface area contributed by atoms with Gasteiger partial charge in [-0.25, -0.2) is 14.2 Å². The van der Waals surface area contributed by atoms with Crippen molar-refractivity contribution in [1.82, 2.24) is 10.3 Å². The molecule has 10 heteroatoms. The van der Waals surface area contributed by atoms with Gasteiger partial charge in [0.15, 0.2) is 0 Å². The third kappa shape index (κ3) is 6.40. The quantitative estimate of drug-likeness (QED) is 0.445. The molecule has 2 aromatic rings. The number of Topliss-reactive ketones (excluding diaryl/α,β-unsaturated/α-hetero) is 1. The molecule has 0 atom stereocenters. The van der Waals surface area contributed by atoms with E-state index in [1.165, 1.54) is 32.0 Å². The minimum atomic E-state index is -5.16. The van der Waals surface area contributed by atoms with E-state index in [9.17, 15) is 27.2 Å². The maximum absolute atomic E-state index is 13.5. The molecule has 0 unspecified atom stereocenters. The van der Waals surface area contributed by atoms with Gasteiger partial charge in [-0.1, -0.05) is 11.6 Å². The van der Waals surface area contributed by atoms with E-state index in [-0.39, 0.29) is 21.8 Å². The number of rotatable bonds is 4. The summed E-state index contributed by atoms with van der Waals surface area (Å²) in [6.45, 7) is 8.01. The smallest absolute Gasteiger partial charge is 0.444 e. The number of nitrogens with one attached hydrogen (secondary N) is 1. The number of ketones is 1. The van der Waals surface area contributed by atoms with Crippen molar-refractivity contribution in [2.24, 2.45) is 0 Å². The van der Waals surface area contributed by atoms with Gasteiger partial charge in [-0.3, -0.25) is 4.79 Å². The first-order chi connectivity index (χ1) is 14.0. The van der Waals surface area contributed by atoms with Gasteiger partial charge in [-0.15, -0.1) is 0 Å².